The van der Waals surface area contributed by atoms with Gasteiger partial charge in [0.05, 0.1) is 11.4 Å². The molecule has 1 amide bonds. The maximum atomic E-state index is 12.2. The van der Waals surface area contributed by atoms with Crippen LogP contribution in [0.2, 0.25) is 0 Å². The SMILES string of the molecule is CC(Sc1nnc(-c2ccc(OC(F)F)cc2)o1)C(=O)NCC1CCCO1. The Morgan fingerprint density at radius 3 is 2.81 bits per heavy atom. The topological polar surface area (TPSA) is 86.5 Å². The van der Waals surface area contributed by atoms with Gasteiger partial charge in [-0.25, -0.2) is 0 Å². The van der Waals surface area contributed by atoms with Crippen LogP contribution in [0.3, 0.4) is 0 Å². The molecule has 1 N–H and O–H groups in total. The van der Waals surface area contributed by atoms with Crippen molar-refractivity contribution in [1.29, 1.82) is 0 Å². The molecule has 2 atom stereocenters. The van der Waals surface area contributed by atoms with Gasteiger partial charge in [0.15, 0.2) is 0 Å². The lowest BCUT2D eigenvalue weighted by Gasteiger charge is -2.13. The summed E-state index contributed by atoms with van der Waals surface area (Å²) in [5.74, 6) is 0.135. The van der Waals surface area contributed by atoms with Crippen molar-refractivity contribution in [2.45, 2.75) is 43.0 Å². The molecule has 10 heteroatoms. The second-order valence-electron chi connectivity index (χ2n) is 5.92. The number of benzene rings is 1. The Labute approximate surface area is 158 Å². The number of nitrogens with zero attached hydrogens (tertiary/aromatic N) is 2. The van der Waals surface area contributed by atoms with E-state index in [0.717, 1.165) is 31.2 Å². The summed E-state index contributed by atoms with van der Waals surface area (Å²) in [5.41, 5.74) is 0.562. The minimum absolute atomic E-state index is 0.0411. The number of aromatic nitrogens is 2. The molecule has 7 nitrogen and oxygen atoms in total. The van der Waals surface area contributed by atoms with E-state index in [4.69, 9.17) is 9.15 Å². The Kier molecular flexibility index (Phi) is 6.62. The van der Waals surface area contributed by atoms with E-state index in [9.17, 15) is 13.6 Å². The second kappa shape index (κ2) is 9.14. The summed E-state index contributed by atoms with van der Waals surface area (Å²) in [6.07, 6.45) is 2.05. The van der Waals surface area contributed by atoms with Crippen LogP contribution in [0.1, 0.15) is 19.8 Å². The zero-order valence-electron chi connectivity index (χ0n) is 14.6. The van der Waals surface area contributed by atoms with Crippen LogP contribution >= 0.6 is 11.8 Å². The molecular weight excluding hydrogens is 380 g/mol. The quantitative estimate of drug-likeness (QED) is 0.683. The summed E-state index contributed by atoms with van der Waals surface area (Å²) in [5, 5.41) is 10.5. The van der Waals surface area contributed by atoms with Crippen LogP contribution in [0, 0.1) is 0 Å². The largest absolute Gasteiger partial charge is 0.435 e. The number of ether oxygens (including phenoxy) is 2. The van der Waals surface area contributed by atoms with Crippen LogP contribution in [0.4, 0.5) is 8.78 Å². The molecule has 1 aromatic heterocycles. The summed E-state index contributed by atoms with van der Waals surface area (Å²) in [6.45, 7) is 0.0992. The Morgan fingerprint density at radius 1 is 1.37 bits per heavy atom. The lowest BCUT2D eigenvalue weighted by Crippen LogP contribution is -2.36. The molecule has 1 aliphatic rings. The Morgan fingerprint density at radius 2 is 2.15 bits per heavy atom. The number of amides is 1. The van der Waals surface area contributed by atoms with Gasteiger partial charge in [-0.2, -0.15) is 8.78 Å². The monoisotopic (exact) mass is 399 g/mol. The van der Waals surface area contributed by atoms with E-state index in [1.165, 1.54) is 24.3 Å². The van der Waals surface area contributed by atoms with Crippen molar-refractivity contribution >= 4 is 17.7 Å². The molecule has 2 aromatic rings. The molecule has 2 unspecified atom stereocenters. The highest BCUT2D eigenvalue weighted by Gasteiger charge is 2.21. The van der Waals surface area contributed by atoms with Gasteiger partial charge >= 0.3 is 6.61 Å². The third kappa shape index (κ3) is 5.64. The van der Waals surface area contributed by atoms with E-state index in [-0.39, 0.29) is 28.9 Å². The van der Waals surface area contributed by atoms with Crippen molar-refractivity contribution in [2.24, 2.45) is 0 Å². The van der Waals surface area contributed by atoms with Crippen LogP contribution in [0.25, 0.3) is 11.5 Å². The summed E-state index contributed by atoms with van der Waals surface area (Å²) in [6, 6.07) is 5.86. The molecule has 2 heterocycles. The standard InChI is InChI=1S/C17H19F2N3O4S/c1-10(14(23)20-9-13-3-2-8-24-13)27-17-22-21-15(26-17)11-4-6-12(7-5-11)25-16(18)19/h4-7,10,13,16H,2-3,8-9H2,1H3,(H,20,23). The molecule has 0 aliphatic carbocycles. The zero-order chi connectivity index (χ0) is 19.2. The van der Waals surface area contributed by atoms with Crippen molar-refractivity contribution in [3.05, 3.63) is 24.3 Å². The fourth-order valence-electron chi connectivity index (χ4n) is 2.52. The maximum Gasteiger partial charge on any atom is 0.387 e. The first-order valence-corrected chi connectivity index (χ1v) is 9.34. The van der Waals surface area contributed by atoms with Crippen molar-refractivity contribution < 1.29 is 27.5 Å². The van der Waals surface area contributed by atoms with Crippen LogP contribution in [0.15, 0.2) is 33.9 Å². The second-order valence-corrected chi connectivity index (χ2v) is 7.21. The fraction of sp³-hybridized carbons (Fsp3) is 0.471. The molecule has 1 aromatic carbocycles. The number of carbonyl (C=O) groups excluding carboxylic acids is 1. The van der Waals surface area contributed by atoms with E-state index in [1.54, 1.807) is 6.92 Å². The van der Waals surface area contributed by atoms with Crippen LogP contribution in [-0.2, 0) is 9.53 Å². The van der Waals surface area contributed by atoms with Gasteiger partial charge in [-0.05, 0) is 44.0 Å². The maximum absolute atomic E-state index is 12.2. The van der Waals surface area contributed by atoms with Gasteiger partial charge in [0.1, 0.15) is 5.75 Å². The number of alkyl halides is 2. The van der Waals surface area contributed by atoms with Crippen molar-refractivity contribution in [1.82, 2.24) is 15.5 Å². The van der Waals surface area contributed by atoms with Gasteiger partial charge in [0.25, 0.3) is 5.22 Å². The normalized spacial score (nSPS) is 17.9. The molecule has 1 fully saturated rings. The average Bonchev–Trinajstić information content (AvgIpc) is 3.31. The van der Waals surface area contributed by atoms with Crippen LogP contribution in [-0.4, -0.2) is 47.2 Å². The van der Waals surface area contributed by atoms with Crippen LogP contribution in [0.5, 0.6) is 5.75 Å². The minimum atomic E-state index is -2.88. The van der Waals surface area contributed by atoms with Crippen molar-refractivity contribution in [2.75, 3.05) is 13.2 Å². The highest BCUT2D eigenvalue weighted by Crippen LogP contribution is 2.27. The van der Waals surface area contributed by atoms with Gasteiger partial charge in [0, 0.05) is 18.7 Å². The highest BCUT2D eigenvalue weighted by molar-refractivity contribution is 8.00. The third-order valence-electron chi connectivity index (χ3n) is 3.91. The van der Waals surface area contributed by atoms with Gasteiger partial charge in [0.2, 0.25) is 11.8 Å². The van der Waals surface area contributed by atoms with Crippen LogP contribution < -0.4 is 10.1 Å². The molecule has 1 saturated heterocycles. The van der Waals surface area contributed by atoms with E-state index in [2.05, 4.69) is 20.3 Å². The molecule has 0 spiro atoms. The Balaban J connectivity index is 1.52. The van der Waals surface area contributed by atoms with Gasteiger partial charge < -0.3 is 19.2 Å². The van der Waals surface area contributed by atoms with E-state index in [1.807, 2.05) is 0 Å². The number of halogens is 2. The molecule has 1 aliphatic heterocycles. The molecular formula is C17H19F2N3O4S. The number of carbonyl (C=O) groups is 1. The van der Waals surface area contributed by atoms with E-state index < -0.39 is 11.9 Å². The predicted molar refractivity (Wildman–Crippen MR) is 93.7 cm³/mol. The lowest BCUT2D eigenvalue weighted by atomic mass is 10.2. The molecule has 27 heavy (non-hydrogen) atoms. The predicted octanol–water partition coefficient (Wildman–Crippen LogP) is 3.11. The first-order valence-electron chi connectivity index (χ1n) is 8.46. The van der Waals surface area contributed by atoms with E-state index >= 15 is 0 Å². The lowest BCUT2D eigenvalue weighted by molar-refractivity contribution is -0.120. The molecule has 146 valence electrons. The number of nitrogens with one attached hydrogen (secondary N) is 1. The number of rotatable bonds is 8. The average molecular weight is 399 g/mol. The van der Waals surface area contributed by atoms with Crippen molar-refractivity contribution in [3.63, 3.8) is 0 Å². The summed E-state index contributed by atoms with van der Waals surface area (Å²) >= 11 is 1.14. The first-order chi connectivity index (χ1) is 13.0. The van der Waals surface area contributed by atoms with Gasteiger partial charge in [-0.15, -0.1) is 10.2 Å². The van der Waals surface area contributed by atoms with E-state index in [0.29, 0.717) is 12.1 Å². The fourth-order valence-corrected chi connectivity index (χ4v) is 3.23. The molecule has 0 radical (unpaired) electrons. The highest BCUT2D eigenvalue weighted by atomic mass is 32.2. The molecule has 0 saturated carbocycles. The Bertz CT molecular complexity index is 751. The summed E-state index contributed by atoms with van der Waals surface area (Å²) < 4.78 is 39.6. The van der Waals surface area contributed by atoms with Gasteiger partial charge in [-0.1, -0.05) is 11.8 Å². The third-order valence-corrected chi connectivity index (χ3v) is 4.84. The zero-order valence-corrected chi connectivity index (χ0v) is 15.4. The Hall–Kier alpha value is -2.20. The summed E-state index contributed by atoms with van der Waals surface area (Å²) in [7, 11) is 0. The van der Waals surface area contributed by atoms with Gasteiger partial charge in [-0.3, -0.25) is 4.79 Å². The number of hydrogen-bond acceptors (Lipinski definition) is 7. The number of thioether (sulfide) groups is 1. The summed E-state index contributed by atoms with van der Waals surface area (Å²) in [4.78, 5) is 12.2. The minimum Gasteiger partial charge on any atom is -0.435 e. The molecule has 3 rings (SSSR count). The molecule has 0 bridgehead atoms. The number of hydrogen-bond donors (Lipinski definition) is 1. The smallest absolute Gasteiger partial charge is 0.387 e. The van der Waals surface area contributed by atoms with Crippen molar-refractivity contribution in [3.8, 4) is 17.2 Å². The first kappa shape index (κ1) is 19.6.